The van der Waals surface area contributed by atoms with Crippen molar-refractivity contribution in [1.82, 2.24) is 0 Å². The maximum atomic E-state index is 6.03. The van der Waals surface area contributed by atoms with Gasteiger partial charge in [0.05, 0.1) is 6.10 Å². The topological polar surface area (TPSA) is 9.23 Å². The molecule has 0 amide bonds. The Kier molecular flexibility index (Phi) is 7.10. The van der Waals surface area contributed by atoms with Crippen molar-refractivity contribution >= 4 is 43.1 Å². The van der Waals surface area contributed by atoms with Crippen molar-refractivity contribution in [1.29, 1.82) is 0 Å². The number of ether oxygens (including phenoxy) is 1. The summed E-state index contributed by atoms with van der Waals surface area (Å²) in [5, 5.41) is 10.1. The molecule has 1 aliphatic rings. The van der Waals surface area contributed by atoms with E-state index in [1.807, 2.05) is 0 Å². The first-order chi connectivity index (χ1) is 25.9. The van der Waals surface area contributed by atoms with E-state index in [0.717, 1.165) is 5.75 Å². The van der Waals surface area contributed by atoms with Gasteiger partial charge in [0.15, 0.2) is 0 Å². The zero-order chi connectivity index (χ0) is 35.8. The van der Waals surface area contributed by atoms with Crippen LogP contribution in [0.1, 0.15) is 38.8 Å². The predicted octanol–water partition coefficient (Wildman–Crippen LogP) is 14.4. The van der Waals surface area contributed by atoms with E-state index < -0.39 is 0 Å². The number of benzene rings is 9. The molecule has 0 unspecified atom stereocenters. The van der Waals surface area contributed by atoms with Gasteiger partial charge in [-0.2, -0.15) is 0 Å². The number of rotatable bonds is 5. The molecule has 0 atom stereocenters. The molecule has 0 heterocycles. The van der Waals surface area contributed by atoms with Crippen molar-refractivity contribution in [3.05, 3.63) is 175 Å². The van der Waals surface area contributed by atoms with E-state index in [1.165, 1.54) is 98.7 Å². The second kappa shape index (κ2) is 11.9. The number of fused-ring (bicyclic) bond motifs is 7. The Morgan fingerprint density at radius 2 is 0.755 bits per heavy atom. The smallest absolute Gasteiger partial charge is 0.119 e. The second-order valence-electron chi connectivity index (χ2n) is 15.3. The maximum absolute atomic E-state index is 6.03. The van der Waals surface area contributed by atoms with Gasteiger partial charge in [0.25, 0.3) is 0 Å². The van der Waals surface area contributed by atoms with E-state index >= 15 is 0 Å². The summed E-state index contributed by atoms with van der Waals surface area (Å²) in [6.07, 6.45) is 0.129. The molecule has 1 aliphatic carbocycles. The molecule has 0 spiro atoms. The Hall–Kier alpha value is -6.18. The zero-order valence-electron chi connectivity index (χ0n) is 30.6. The first-order valence-electron chi connectivity index (χ1n) is 18.8. The molecule has 10 rings (SSSR count). The lowest BCUT2D eigenvalue weighted by atomic mass is 9.79. The molecule has 0 saturated heterocycles. The minimum Gasteiger partial charge on any atom is -0.491 e. The van der Waals surface area contributed by atoms with Crippen molar-refractivity contribution in [3.63, 3.8) is 0 Å². The first-order valence-corrected chi connectivity index (χ1v) is 18.8. The van der Waals surface area contributed by atoms with Crippen molar-refractivity contribution in [2.24, 2.45) is 0 Å². The van der Waals surface area contributed by atoms with Crippen LogP contribution in [-0.2, 0) is 5.41 Å². The molecule has 0 bridgehead atoms. The molecule has 0 radical (unpaired) electrons. The molecule has 0 saturated carbocycles. The van der Waals surface area contributed by atoms with Gasteiger partial charge in [0.1, 0.15) is 5.75 Å². The highest BCUT2D eigenvalue weighted by atomic mass is 16.5. The lowest BCUT2D eigenvalue weighted by Gasteiger charge is -2.24. The molecule has 0 aromatic heterocycles. The third-order valence-electron chi connectivity index (χ3n) is 11.5. The fourth-order valence-electron chi connectivity index (χ4n) is 9.25. The minimum atomic E-state index is -0.0746. The van der Waals surface area contributed by atoms with Crippen LogP contribution in [0.25, 0.3) is 87.6 Å². The predicted molar refractivity (Wildman–Crippen MR) is 226 cm³/mol. The van der Waals surface area contributed by atoms with E-state index in [4.69, 9.17) is 4.74 Å². The third kappa shape index (κ3) is 4.77. The molecule has 1 heteroatoms. The summed E-state index contributed by atoms with van der Waals surface area (Å²) in [6, 6.07) is 60.8. The quantitative estimate of drug-likeness (QED) is 0.164. The Morgan fingerprint density at radius 3 is 1.23 bits per heavy atom. The Morgan fingerprint density at radius 1 is 0.377 bits per heavy atom. The van der Waals surface area contributed by atoms with Gasteiger partial charge in [-0.1, -0.05) is 159 Å². The fraction of sp³-hybridized carbons (Fsp3) is 0.115. The van der Waals surface area contributed by atoms with Crippen LogP contribution in [0.5, 0.6) is 5.75 Å². The lowest BCUT2D eigenvalue weighted by Crippen LogP contribution is -2.14. The van der Waals surface area contributed by atoms with E-state index in [1.54, 1.807) is 0 Å². The van der Waals surface area contributed by atoms with Gasteiger partial charge >= 0.3 is 0 Å². The van der Waals surface area contributed by atoms with Gasteiger partial charge in [0.2, 0.25) is 0 Å². The van der Waals surface area contributed by atoms with Crippen molar-refractivity contribution in [2.75, 3.05) is 0 Å². The van der Waals surface area contributed by atoms with Crippen LogP contribution in [0.2, 0.25) is 0 Å². The molecule has 0 fully saturated rings. The minimum absolute atomic E-state index is 0.0746. The number of hydrogen-bond donors (Lipinski definition) is 0. The molecule has 254 valence electrons. The Bertz CT molecular complexity index is 2790. The lowest BCUT2D eigenvalue weighted by molar-refractivity contribution is 0.242. The highest BCUT2D eigenvalue weighted by Gasteiger charge is 2.35. The summed E-state index contributed by atoms with van der Waals surface area (Å²) >= 11 is 0. The highest BCUT2D eigenvalue weighted by molar-refractivity contribution is 6.30. The third-order valence-corrected chi connectivity index (χ3v) is 11.5. The van der Waals surface area contributed by atoms with Crippen LogP contribution >= 0.6 is 0 Å². The van der Waals surface area contributed by atoms with Gasteiger partial charge in [0, 0.05) is 5.41 Å². The normalized spacial score (nSPS) is 13.2. The fourth-order valence-corrected chi connectivity index (χ4v) is 9.25. The number of hydrogen-bond acceptors (Lipinski definition) is 1. The summed E-state index contributed by atoms with van der Waals surface area (Å²) < 4.78 is 6.03. The molecular formula is C52H40O. The summed E-state index contributed by atoms with van der Waals surface area (Å²) in [6.45, 7) is 8.88. The molecular weight excluding hydrogens is 641 g/mol. The average Bonchev–Trinajstić information content (AvgIpc) is 3.42. The van der Waals surface area contributed by atoms with Crippen LogP contribution in [0, 0.1) is 0 Å². The molecule has 9 aromatic carbocycles. The van der Waals surface area contributed by atoms with Crippen LogP contribution in [-0.4, -0.2) is 6.10 Å². The molecule has 1 nitrogen and oxygen atoms in total. The first kappa shape index (κ1) is 31.5. The van der Waals surface area contributed by atoms with E-state index in [0.29, 0.717) is 0 Å². The monoisotopic (exact) mass is 680 g/mol. The Labute approximate surface area is 311 Å². The van der Waals surface area contributed by atoms with Crippen LogP contribution in [0.3, 0.4) is 0 Å². The van der Waals surface area contributed by atoms with E-state index in [-0.39, 0.29) is 11.5 Å². The van der Waals surface area contributed by atoms with Gasteiger partial charge in [-0.15, -0.1) is 0 Å². The standard InChI is InChI=1S/C52H40O/c1-32(2)53-35-28-25-33(26-29-35)48-38-16-5-9-20-42(38)50(43-21-10-6-17-39(43)48)51-44-22-11-7-18-40(44)49(41-19-8-12-23-45(41)51)34-27-30-37-36-15-13-14-24-46(36)52(3,4)47(37)31-34/h5-32H,1-4H3. The van der Waals surface area contributed by atoms with Crippen molar-refractivity contribution in [3.8, 4) is 50.3 Å². The van der Waals surface area contributed by atoms with Crippen LogP contribution in [0.4, 0.5) is 0 Å². The van der Waals surface area contributed by atoms with Crippen LogP contribution < -0.4 is 4.74 Å². The van der Waals surface area contributed by atoms with Gasteiger partial charge in [-0.05, 0) is 131 Å². The molecule has 53 heavy (non-hydrogen) atoms. The SMILES string of the molecule is CC(C)Oc1ccc(-c2c3ccccc3c(-c3c4ccccc4c(-c4ccc5c(c4)C(C)(C)c4ccccc4-5)c4ccccc34)c3ccccc23)cc1. The summed E-state index contributed by atoms with van der Waals surface area (Å²) in [7, 11) is 0. The second-order valence-corrected chi connectivity index (χ2v) is 15.3. The zero-order valence-corrected chi connectivity index (χ0v) is 30.6. The van der Waals surface area contributed by atoms with E-state index in [2.05, 4.69) is 191 Å². The van der Waals surface area contributed by atoms with Gasteiger partial charge < -0.3 is 4.74 Å². The largest absolute Gasteiger partial charge is 0.491 e. The summed E-state index contributed by atoms with van der Waals surface area (Å²) in [4.78, 5) is 0. The summed E-state index contributed by atoms with van der Waals surface area (Å²) in [5.41, 5.74) is 13.0. The van der Waals surface area contributed by atoms with Crippen molar-refractivity contribution in [2.45, 2.75) is 39.2 Å². The summed E-state index contributed by atoms with van der Waals surface area (Å²) in [5.74, 6) is 0.892. The Balaban J connectivity index is 1.28. The molecule has 0 aliphatic heterocycles. The average molecular weight is 681 g/mol. The van der Waals surface area contributed by atoms with Crippen LogP contribution in [0.15, 0.2) is 164 Å². The molecule has 0 N–H and O–H groups in total. The maximum Gasteiger partial charge on any atom is 0.119 e. The van der Waals surface area contributed by atoms with Crippen molar-refractivity contribution < 1.29 is 4.74 Å². The van der Waals surface area contributed by atoms with Gasteiger partial charge in [-0.3, -0.25) is 0 Å². The van der Waals surface area contributed by atoms with Gasteiger partial charge in [-0.25, -0.2) is 0 Å². The highest BCUT2D eigenvalue weighted by Crippen LogP contribution is 2.53. The van der Waals surface area contributed by atoms with E-state index in [9.17, 15) is 0 Å². The molecule has 9 aromatic rings.